The van der Waals surface area contributed by atoms with E-state index in [2.05, 4.69) is 64.1 Å². The molecule has 3 aliphatic rings. The van der Waals surface area contributed by atoms with Gasteiger partial charge in [0.25, 0.3) is 0 Å². The average Bonchev–Trinajstić information content (AvgIpc) is 3.83. The van der Waals surface area contributed by atoms with Gasteiger partial charge in [-0.2, -0.15) is 0 Å². The number of carbonyl (C=O) groups excluding carboxylic acids is 1. The number of hydrogen-bond donors (Lipinski definition) is 3. The third-order valence-corrected chi connectivity index (χ3v) is 7.27. The van der Waals surface area contributed by atoms with Gasteiger partial charge in [0, 0.05) is 24.0 Å². The number of pyridine rings is 1. The van der Waals surface area contributed by atoms with Crippen molar-refractivity contribution >= 4 is 23.7 Å². The molecule has 0 unspecified atom stereocenters. The summed E-state index contributed by atoms with van der Waals surface area (Å²) in [5.74, 6) is 2.48. The van der Waals surface area contributed by atoms with E-state index >= 15 is 0 Å². The lowest BCUT2D eigenvalue weighted by Crippen LogP contribution is -2.46. The maximum Gasteiger partial charge on any atom is 0.212 e. The molecule has 2 saturated carbocycles. The van der Waals surface area contributed by atoms with Crippen LogP contribution in [0.3, 0.4) is 0 Å². The Morgan fingerprint density at radius 1 is 1.05 bits per heavy atom. The molecule has 0 atom stereocenters. The molecule has 0 radical (unpaired) electrons. The molecule has 3 N–H and O–H groups in total. The summed E-state index contributed by atoms with van der Waals surface area (Å²) in [7, 11) is 0. The lowest BCUT2D eigenvalue weighted by Gasteiger charge is -2.37. The molecule has 0 bridgehead atoms. The van der Waals surface area contributed by atoms with Crippen molar-refractivity contribution in [2.24, 2.45) is 0 Å². The first kappa shape index (κ1) is 24.5. The Morgan fingerprint density at radius 2 is 1.82 bits per heavy atom. The molecule has 1 aliphatic heterocycles. The van der Waals surface area contributed by atoms with Gasteiger partial charge < -0.3 is 24.9 Å². The summed E-state index contributed by atoms with van der Waals surface area (Å²) >= 11 is 0. The molecule has 4 aromatic rings. The molecule has 1 amide bonds. The molecule has 3 aromatic heterocycles. The van der Waals surface area contributed by atoms with Crippen LogP contribution >= 0.6 is 0 Å². The maximum atomic E-state index is 10.9. The van der Waals surface area contributed by atoms with E-state index in [9.17, 15) is 9.90 Å². The SMILES string of the molecule is Cc1cccc(C2CC2)c1.O=CNc1cc(NCc2cn3cc(C4CC4)cc(C4(O)COC4)c3n2)ncn1. The number of hydrogen-bond acceptors (Lipinski definition) is 7. The highest BCUT2D eigenvalue weighted by Gasteiger charge is 2.41. The first-order valence-corrected chi connectivity index (χ1v) is 13.2. The quantitative estimate of drug-likeness (QED) is 0.302. The standard InChI is InChI=1S/C19H20N6O3.C10H12/c26-11-23-17-4-16(21-10-22-17)20-5-14-7-25-6-13(12-1-2-12)3-15(18(25)24-14)19(27)8-28-9-19;1-8-3-2-4-10(7-8)9-5-6-9/h3-4,6-7,10-12,27H,1-2,5,8-9H2,(H2,20,21,22,23,26);2-4,7,9H,5-6H2,1H3. The van der Waals surface area contributed by atoms with Crippen LogP contribution in [0, 0.1) is 6.92 Å². The topological polar surface area (TPSA) is 114 Å². The molecule has 4 heterocycles. The monoisotopic (exact) mass is 512 g/mol. The van der Waals surface area contributed by atoms with Gasteiger partial charge in [-0.1, -0.05) is 29.8 Å². The summed E-state index contributed by atoms with van der Waals surface area (Å²) in [6.07, 6.45) is 11.2. The van der Waals surface area contributed by atoms with E-state index < -0.39 is 5.60 Å². The van der Waals surface area contributed by atoms with E-state index in [0.29, 0.717) is 43.7 Å². The fourth-order valence-electron chi connectivity index (χ4n) is 4.80. The summed E-state index contributed by atoms with van der Waals surface area (Å²) in [6, 6.07) is 12.6. The zero-order chi connectivity index (χ0) is 26.1. The van der Waals surface area contributed by atoms with Crippen molar-refractivity contribution < 1.29 is 14.6 Å². The minimum Gasteiger partial charge on any atom is -0.380 e. The van der Waals surface area contributed by atoms with Gasteiger partial charge in [0.05, 0.1) is 25.5 Å². The van der Waals surface area contributed by atoms with Crippen LogP contribution in [0.25, 0.3) is 5.65 Å². The number of imidazole rings is 1. The van der Waals surface area contributed by atoms with Crippen molar-refractivity contribution in [3.05, 3.63) is 83.1 Å². The lowest BCUT2D eigenvalue weighted by molar-refractivity contribution is -0.184. The van der Waals surface area contributed by atoms with Crippen molar-refractivity contribution in [1.82, 2.24) is 19.4 Å². The highest BCUT2D eigenvalue weighted by molar-refractivity contribution is 5.69. The van der Waals surface area contributed by atoms with Crippen LogP contribution in [0.1, 0.15) is 65.5 Å². The van der Waals surface area contributed by atoms with Crippen LogP contribution < -0.4 is 10.6 Å². The Balaban J connectivity index is 0.000000221. The number of carbonyl (C=O) groups is 1. The summed E-state index contributed by atoms with van der Waals surface area (Å²) in [5, 5.41) is 16.5. The molecule has 9 heteroatoms. The molecule has 9 nitrogen and oxygen atoms in total. The number of aryl methyl sites for hydroxylation is 1. The zero-order valence-electron chi connectivity index (χ0n) is 21.4. The van der Waals surface area contributed by atoms with Crippen molar-refractivity contribution in [3.63, 3.8) is 0 Å². The second-order valence-corrected chi connectivity index (χ2v) is 10.5. The molecule has 3 fully saturated rings. The van der Waals surface area contributed by atoms with Gasteiger partial charge in [0.2, 0.25) is 6.41 Å². The fourth-order valence-corrected chi connectivity index (χ4v) is 4.80. The second kappa shape index (κ2) is 10.2. The Morgan fingerprint density at radius 3 is 2.50 bits per heavy atom. The van der Waals surface area contributed by atoms with Crippen molar-refractivity contribution in [1.29, 1.82) is 0 Å². The normalized spacial score (nSPS) is 17.7. The second-order valence-electron chi connectivity index (χ2n) is 10.5. The highest BCUT2D eigenvalue weighted by Crippen LogP contribution is 2.43. The minimum atomic E-state index is -0.968. The third kappa shape index (κ3) is 5.39. The number of benzene rings is 1. The fraction of sp³-hybridized carbons (Fsp3) is 0.379. The van der Waals surface area contributed by atoms with Crippen LogP contribution in [0.15, 0.2) is 55.1 Å². The summed E-state index contributed by atoms with van der Waals surface area (Å²) < 4.78 is 7.25. The zero-order valence-corrected chi connectivity index (χ0v) is 21.4. The lowest BCUT2D eigenvalue weighted by atomic mass is 9.91. The molecule has 38 heavy (non-hydrogen) atoms. The number of nitrogens with one attached hydrogen (secondary N) is 2. The largest absolute Gasteiger partial charge is 0.380 e. The molecular formula is C29H32N6O3. The van der Waals surface area contributed by atoms with E-state index in [1.54, 1.807) is 11.6 Å². The van der Waals surface area contributed by atoms with Gasteiger partial charge in [0.1, 0.15) is 29.2 Å². The number of fused-ring (bicyclic) bond motifs is 1. The Bertz CT molecular complexity index is 1460. The van der Waals surface area contributed by atoms with Gasteiger partial charge >= 0.3 is 0 Å². The first-order valence-electron chi connectivity index (χ1n) is 13.2. The van der Waals surface area contributed by atoms with Gasteiger partial charge in [-0.25, -0.2) is 15.0 Å². The number of anilines is 2. The van der Waals surface area contributed by atoms with E-state index in [-0.39, 0.29) is 0 Å². The van der Waals surface area contributed by atoms with Gasteiger partial charge in [-0.15, -0.1) is 0 Å². The van der Waals surface area contributed by atoms with Gasteiger partial charge in [-0.3, -0.25) is 4.79 Å². The van der Waals surface area contributed by atoms with Crippen molar-refractivity contribution in [2.45, 2.75) is 56.6 Å². The Hall–Kier alpha value is -3.82. The van der Waals surface area contributed by atoms with Crippen LogP contribution in [0.5, 0.6) is 0 Å². The maximum absolute atomic E-state index is 10.9. The van der Waals surface area contributed by atoms with Crippen LogP contribution in [0.4, 0.5) is 11.6 Å². The molecule has 7 rings (SSSR count). The van der Waals surface area contributed by atoms with Gasteiger partial charge in [-0.05, 0) is 61.6 Å². The van der Waals surface area contributed by atoms with Crippen LogP contribution in [-0.4, -0.2) is 44.1 Å². The van der Waals surface area contributed by atoms with Crippen LogP contribution in [-0.2, 0) is 21.7 Å². The van der Waals surface area contributed by atoms with E-state index in [1.807, 2.05) is 10.6 Å². The molecule has 2 aliphatic carbocycles. The van der Waals surface area contributed by atoms with E-state index in [0.717, 1.165) is 22.8 Å². The minimum absolute atomic E-state index is 0.296. The number of aliphatic hydroxyl groups is 1. The van der Waals surface area contributed by atoms with Gasteiger partial charge in [0.15, 0.2) is 0 Å². The summed E-state index contributed by atoms with van der Waals surface area (Å²) in [4.78, 5) is 23.4. The van der Waals surface area contributed by atoms with Crippen molar-refractivity contribution in [2.75, 3.05) is 23.8 Å². The number of rotatable bonds is 8. The average molecular weight is 513 g/mol. The number of amides is 1. The number of aromatic nitrogens is 4. The first-order chi connectivity index (χ1) is 18.5. The molecular weight excluding hydrogens is 480 g/mol. The highest BCUT2D eigenvalue weighted by atomic mass is 16.5. The van der Waals surface area contributed by atoms with Crippen LogP contribution in [0.2, 0.25) is 0 Å². The predicted octanol–water partition coefficient (Wildman–Crippen LogP) is 4.27. The summed E-state index contributed by atoms with van der Waals surface area (Å²) in [6.45, 7) is 3.20. The Kier molecular flexibility index (Phi) is 6.55. The van der Waals surface area contributed by atoms with Crippen molar-refractivity contribution in [3.8, 4) is 0 Å². The summed E-state index contributed by atoms with van der Waals surface area (Å²) in [5.41, 5.74) is 5.60. The molecule has 0 spiro atoms. The predicted molar refractivity (Wildman–Crippen MR) is 144 cm³/mol. The third-order valence-electron chi connectivity index (χ3n) is 7.27. The Labute approximate surface area is 221 Å². The molecule has 1 saturated heterocycles. The smallest absolute Gasteiger partial charge is 0.212 e. The number of nitrogens with zero attached hydrogens (tertiary/aromatic N) is 4. The van der Waals surface area contributed by atoms with E-state index in [1.165, 1.54) is 43.1 Å². The van der Waals surface area contributed by atoms with E-state index in [4.69, 9.17) is 9.72 Å². The molecule has 196 valence electrons. The number of ether oxygens (including phenoxy) is 1. The molecule has 1 aromatic carbocycles.